The van der Waals surface area contributed by atoms with E-state index in [2.05, 4.69) is 10.0 Å². The first kappa shape index (κ1) is 21.4. The second-order valence-corrected chi connectivity index (χ2v) is 8.75. The van der Waals surface area contributed by atoms with Crippen molar-refractivity contribution in [1.29, 1.82) is 0 Å². The Kier molecular flexibility index (Phi) is 6.42. The average Bonchev–Trinajstić information content (AvgIpc) is 2.71. The number of sulfonamides is 1. The minimum atomic E-state index is -3.70. The van der Waals surface area contributed by atoms with Crippen molar-refractivity contribution in [3.63, 3.8) is 0 Å². The van der Waals surface area contributed by atoms with Gasteiger partial charge in [0.05, 0.1) is 22.4 Å². The topological polar surface area (TPSA) is 84.5 Å². The summed E-state index contributed by atoms with van der Waals surface area (Å²) < 4.78 is 33.4. The number of amides is 1. The van der Waals surface area contributed by atoms with Crippen LogP contribution in [0.5, 0.6) is 5.75 Å². The van der Waals surface area contributed by atoms with Gasteiger partial charge in [-0.2, -0.15) is 0 Å². The molecule has 0 bridgehead atoms. The fourth-order valence-corrected chi connectivity index (χ4v) is 4.00. The molecule has 0 saturated carbocycles. The minimum absolute atomic E-state index is 0.0257. The molecule has 6 nitrogen and oxygen atoms in total. The highest BCUT2D eigenvalue weighted by Crippen LogP contribution is 2.26. The van der Waals surface area contributed by atoms with Gasteiger partial charge in [-0.25, -0.2) is 8.42 Å². The Morgan fingerprint density at radius 2 is 1.57 bits per heavy atom. The third-order valence-corrected chi connectivity index (χ3v) is 5.67. The SMILES string of the molecule is Cc1cc(C(=O)Nc2ccccc2OC(C)C)ccc1NS(=O)(=O)c1ccccc1. The van der Waals surface area contributed by atoms with Crippen LogP contribution in [0.1, 0.15) is 29.8 Å². The van der Waals surface area contributed by atoms with Gasteiger partial charge < -0.3 is 10.1 Å². The zero-order valence-corrected chi connectivity index (χ0v) is 17.9. The summed E-state index contributed by atoms with van der Waals surface area (Å²) in [4.78, 5) is 12.9. The van der Waals surface area contributed by atoms with Gasteiger partial charge in [0.15, 0.2) is 0 Å². The van der Waals surface area contributed by atoms with Crippen LogP contribution in [-0.4, -0.2) is 20.4 Å². The summed E-state index contributed by atoms with van der Waals surface area (Å²) in [7, 11) is -3.70. The van der Waals surface area contributed by atoms with Crippen molar-refractivity contribution in [1.82, 2.24) is 0 Å². The molecule has 0 aliphatic rings. The molecule has 7 heteroatoms. The molecule has 3 aromatic rings. The largest absolute Gasteiger partial charge is 0.489 e. The second kappa shape index (κ2) is 9.00. The fraction of sp³-hybridized carbons (Fsp3) is 0.174. The molecule has 3 rings (SSSR count). The van der Waals surface area contributed by atoms with Crippen molar-refractivity contribution in [3.05, 3.63) is 83.9 Å². The van der Waals surface area contributed by atoms with Gasteiger partial charge in [0, 0.05) is 5.56 Å². The van der Waals surface area contributed by atoms with E-state index < -0.39 is 10.0 Å². The maximum Gasteiger partial charge on any atom is 0.261 e. The Morgan fingerprint density at radius 3 is 2.23 bits per heavy atom. The molecule has 0 spiro atoms. The van der Waals surface area contributed by atoms with Crippen molar-refractivity contribution >= 4 is 27.3 Å². The number of hydrogen-bond acceptors (Lipinski definition) is 4. The van der Waals surface area contributed by atoms with Crippen molar-refractivity contribution in [2.75, 3.05) is 10.0 Å². The summed E-state index contributed by atoms with van der Waals surface area (Å²) in [5.41, 5.74) is 2.03. The van der Waals surface area contributed by atoms with Gasteiger partial charge in [0.2, 0.25) is 0 Å². The highest BCUT2D eigenvalue weighted by molar-refractivity contribution is 7.92. The van der Waals surface area contributed by atoms with Crippen molar-refractivity contribution in [3.8, 4) is 5.75 Å². The van der Waals surface area contributed by atoms with Crippen LogP contribution >= 0.6 is 0 Å². The van der Waals surface area contributed by atoms with E-state index >= 15 is 0 Å². The molecule has 0 atom stereocenters. The maximum absolute atomic E-state index is 12.7. The van der Waals surface area contributed by atoms with Gasteiger partial charge in [0.1, 0.15) is 5.75 Å². The predicted molar refractivity (Wildman–Crippen MR) is 119 cm³/mol. The molecule has 0 aliphatic heterocycles. The number of para-hydroxylation sites is 2. The number of carbonyl (C=O) groups excluding carboxylic acids is 1. The average molecular weight is 425 g/mol. The van der Waals surface area contributed by atoms with Gasteiger partial charge in [-0.05, 0) is 68.8 Å². The Balaban J connectivity index is 1.78. The van der Waals surface area contributed by atoms with E-state index in [1.807, 2.05) is 26.0 Å². The lowest BCUT2D eigenvalue weighted by Crippen LogP contribution is -2.16. The first-order chi connectivity index (χ1) is 14.3. The Labute approximate surface area is 177 Å². The number of carbonyl (C=O) groups is 1. The summed E-state index contributed by atoms with van der Waals surface area (Å²) in [6.07, 6.45) is -0.0257. The van der Waals surface area contributed by atoms with E-state index in [1.54, 1.807) is 55.5 Å². The molecule has 0 aromatic heterocycles. The first-order valence-electron chi connectivity index (χ1n) is 9.52. The molecule has 0 heterocycles. The van der Waals surface area contributed by atoms with Crippen LogP contribution in [0.4, 0.5) is 11.4 Å². The van der Waals surface area contributed by atoms with Crippen LogP contribution in [0.2, 0.25) is 0 Å². The van der Waals surface area contributed by atoms with E-state index in [1.165, 1.54) is 12.1 Å². The summed E-state index contributed by atoms with van der Waals surface area (Å²) in [5, 5.41) is 2.85. The van der Waals surface area contributed by atoms with Crippen LogP contribution in [0.3, 0.4) is 0 Å². The molecule has 0 saturated heterocycles. The molecule has 0 aliphatic carbocycles. The summed E-state index contributed by atoms with van der Waals surface area (Å²) in [5.74, 6) is 0.278. The molecule has 2 N–H and O–H groups in total. The molecule has 156 valence electrons. The second-order valence-electron chi connectivity index (χ2n) is 7.07. The zero-order chi connectivity index (χ0) is 21.7. The standard InChI is InChI=1S/C23H24N2O4S/c1-16(2)29-22-12-8-7-11-21(22)24-23(26)18-13-14-20(17(3)15-18)25-30(27,28)19-9-5-4-6-10-19/h4-16,25H,1-3H3,(H,24,26). The molecule has 30 heavy (non-hydrogen) atoms. The van der Waals surface area contributed by atoms with E-state index in [-0.39, 0.29) is 16.9 Å². The molecule has 0 radical (unpaired) electrons. The maximum atomic E-state index is 12.7. The van der Waals surface area contributed by atoms with Crippen molar-refractivity contribution < 1.29 is 17.9 Å². The third-order valence-electron chi connectivity index (χ3n) is 4.28. The van der Waals surface area contributed by atoms with Crippen LogP contribution in [0.15, 0.2) is 77.7 Å². The molecular weight excluding hydrogens is 400 g/mol. The van der Waals surface area contributed by atoms with Crippen LogP contribution in [0, 0.1) is 6.92 Å². The number of benzene rings is 3. The molecular formula is C23H24N2O4S. The first-order valence-corrected chi connectivity index (χ1v) is 11.0. The summed E-state index contributed by atoms with van der Waals surface area (Å²) >= 11 is 0. The smallest absolute Gasteiger partial charge is 0.261 e. The highest BCUT2D eigenvalue weighted by Gasteiger charge is 2.16. The normalized spacial score (nSPS) is 11.2. The van der Waals surface area contributed by atoms with E-state index in [0.717, 1.165) is 0 Å². The van der Waals surface area contributed by atoms with E-state index in [4.69, 9.17) is 4.74 Å². The Morgan fingerprint density at radius 1 is 0.900 bits per heavy atom. The molecule has 0 fully saturated rings. The number of nitrogens with one attached hydrogen (secondary N) is 2. The van der Waals surface area contributed by atoms with Gasteiger partial charge >= 0.3 is 0 Å². The summed E-state index contributed by atoms with van der Waals surface area (Å²) in [6, 6.07) is 20.1. The number of aryl methyl sites for hydroxylation is 1. The quantitative estimate of drug-likeness (QED) is 0.569. The number of ether oxygens (including phenoxy) is 1. The monoisotopic (exact) mass is 424 g/mol. The number of hydrogen-bond donors (Lipinski definition) is 2. The van der Waals surface area contributed by atoms with Crippen LogP contribution < -0.4 is 14.8 Å². The number of anilines is 2. The number of rotatable bonds is 7. The zero-order valence-electron chi connectivity index (χ0n) is 17.0. The van der Waals surface area contributed by atoms with Gasteiger partial charge in [-0.3, -0.25) is 9.52 Å². The van der Waals surface area contributed by atoms with Crippen LogP contribution in [0.25, 0.3) is 0 Å². The lowest BCUT2D eigenvalue weighted by atomic mass is 10.1. The van der Waals surface area contributed by atoms with Crippen molar-refractivity contribution in [2.24, 2.45) is 0 Å². The molecule has 3 aromatic carbocycles. The van der Waals surface area contributed by atoms with Crippen LogP contribution in [-0.2, 0) is 10.0 Å². The molecule has 0 unspecified atom stereocenters. The third kappa shape index (κ3) is 5.18. The van der Waals surface area contributed by atoms with Gasteiger partial charge in [-0.1, -0.05) is 30.3 Å². The lowest BCUT2D eigenvalue weighted by molar-refractivity contribution is 0.102. The fourth-order valence-electron chi connectivity index (χ4n) is 2.84. The van der Waals surface area contributed by atoms with Gasteiger partial charge in [0.25, 0.3) is 15.9 Å². The Bertz CT molecular complexity index is 1140. The van der Waals surface area contributed by atoms with Gasteiger partial charge in [-0.15, -0.1) is 0 Å². The minimum Gasteiger partial charge on any atom is -0.489 e. The summed E-state index contributed by atoms with van der Waals surface area (Å²) in [6.45, 7) is 5.57. The van der Waals surface area contributed by atoms with E-state index in [0.29, 0.717) is 28.3 Å². The molecule has 1 amide bonds. The van der Waals surface area contributed by atoms with E-state index in [9.17, 15) is 13.2 Å². The predicted octanol–water partition coefficient (Wildman–Crippen LogP) is 4.84. The van der Waals surface area contributed by atoms with Crippen molar-refractivity contribution in [2.45, 2.75) is 31.8 Å². The Hall–Kier alpha value is -3.32. The lowest BCUT2D eigenvalue weighted by Gasteiger charge is -2.15. The highest BCUT2D eigenvalue weighted by atomic mass is 32.2.